The Labute approximate surface area is 105 Å². The molecule has 18 heavy (non-hydrogen) atoms. The van der Waals surface area contributed by atoms with Crippen LogP contribution in [0.4, 0.5) is 0 Å². The van der Waals surface area contributed by atoms with E-state index >= 15 is 0 Å². The summed E-state index contributed by atoms with van der Waals surface area (Å²) in [6.45, 7) is 0. The van der Waals surface area contributed by atoms with Crippen molar-refractivity contribution in [2.75, 3.05) is 0 Å². The molecule has 0 fully saturated rings. The van der Waals surface area contributed by atoms with E-state index < -0.39 is 0 Å². The third-order valence-electron chi connectivity index (χ3n) is 2.50. The van der Waals surface area contributed by atoms with Crippen LogP contribution in [0.2, 0.25) is 0 Å². The van der Waals surface area contributed by atoms with Gasteiger partial charge in [0.05, 0.1) is 5.76 Å². The molecule has 0 amide bonds. The fraction of sp³-hybridized carbons (Fsp3) is 0.0667. The van der Waals surface area contributed by atoms with E-state index in [1.54, 1.807) is 30.4 Å². The van der Waals surface area contributed by atoms with Gasteiger partial charge in [0.2, 0.25) is 0 Å². The number of aliphatic hydroxyl groups is 1. The number of phenolic OH excluding ortho intramolecular Hbond substituents is 2. The molecule has 0 heterocycles. The lowest BCUT2D eigenvalue weighted by atomic mass is 10.1. The van der Waals surface area contributed by atoms with Gasteiger partial charge in [-0.05, 0) is 29.3 Å². The van der Waals surface area contributed by atoms with Crippen molar-refractivity contribution < 1.29 is 15.3 Å². The molecule has 3 N–H and O–H groups in total. The van der Waals surface area contributed by atoms with Gasteiger partial charge < -0.3 is 15.3 Å². The highest BCUT2D eigenvalue weighted by molar-refractivity contribution is 5.58. The van der Waals surface area contributed by atoms with Crippen LogP contribution in [0.5, 0.6) is 11.5 Å². The van der Waals surface area contributed by atoms with E-state index in [-0.39, 0.29) is 11.5 Å². The third-order valence-corrected chi connectivity index (χ3v) is 2.50. The van der Waals surface area contributed by atoms with Crippen LogP contribution in [0.15, 0.2) is 59.9 Å². The molecule has 1 aliphatic rings. The molecule has 92 valence electrons. The lowest BCUT2D eigenvalue weighted by Crippen LogP contribution is -1.74. The fourth-order valence-corrected chi connectivity index (χ4v) is 1.65. The first-order chi connectivity index (χ1) is 8.63. The number of aromatic hydroxyl groups is 2. The zero-order valence-electron chi connectivity index (χ0n) is 9.74. The van der Waals surface area contributed by atoms with E-state index in [1.807, 2.05) is 18.2 Å². The van der Waals surface area contributed by atoms with Crippen LogP contribution in [-0.4, -0.2) is 15.3 Å². The number of aliphatic hydroxyl groups excluding tert-OH is 1. The third kappa shape index (κ3) is 3.28. The van der Waals surface area contributed by atoms with Crippen LogP contribution in [0, 0.1) is 0 Å². The van der Waals surface area contributed by atoms with E-state index in [1.165, 1.54) is 6.07 Å². The molecule has 1 aromatic rings. The fourth-order valence-electron chi connectivity index (χ4n) is 1.65. The van der Waals surface area contributed by atoms with Gasteiger partial charge in [0, 0.05) is 12.5 Å². The summed E-state index contributed by atoms with van der Waals surface area (Å²) in [4.78, 5) is 0. The Kier molecular flexibility index (Phi) is 3.53. The van der Waals surface area contributed by atoms with Crippen molar-refractivity contribution in [3.63, 3.8) is 0 Å². The molecule has 0 bridgehead atoms. The van der Waals surface area contributed by atoms with E-state index in [0.29, 0.717) is 17.7 Å². The molecule has 0 atom stereocenters. The molecule has 0 radical (unpaired) electrons. The van der Waals surface area contributed by atoms with Gasteiger partial charge in [-0.2, -0.15) is 0 Å². The maximum atomic E-state index is 9.35. The molecule has 0 saturated heterocycles. The molecule has 0 aromatic heterocycles. The molecule has 3 heteroatoms. The number of hydrogen-bond donors (Lipinski definition) is 3. The number of rotatable bonds is 2. The van der Waals surface area contributed by atoms with Gasteiger partial charge in [-0.25, -0.2) is 0 Å². The van der Waals surface area contributed by atoms with Gasteiger partial charge >= 0.3 is 0 Å². The van der Waals surface area contributed by atoms with Gasteiger partial charge in [0.25, 0.3) is 0 Å². The van der Waals surface area contributed by atoms with Crippen molar-refractivity contribution in [1.82, 2.24) is 0 Å². The monoisotopic (exact) mass is 242 g/mol. The van der Waals surface area contributed by atoms with Crippen LogP contribution in [-0.2, 0) is 0 Å². The first-order valence-corrected chi connectivity index (χ1v) is 5.61. The van der Waals surface area contributed by atoms with E-state index in [2.05, 4.69) is 0 Å². The standard InChI is InChI=1S/C15H14O3/c16-13-3-1-2-11(6-7-13)4-5-12-8-14(17)10-15(18)9-12/h1-2,4-10,16-18H,3H2/b5-4+. The molecular formula is C15H14O3. The van der Waals surface area contributed by atoms with Crippen LogP contribution < -0.4 is 0 Å². The highest BCUT2D eigenvalue weighted by Crippen LogP contribution is 2.22. The summed E-state index contributed by atoms with van der Waals surface area (Å²) >= 11 is 0. The SMILES string of the molecule is OC1=CC=C(/C=C/c2cc(O)cc(O)c2)C=CC1. The minimum atomic E-state index is 0.0255. The zero-order valence-corrected chi connectivity index (χ0v) is 9.74. The Morgan fingerprint density at radius 3 is 2.33 bits per heavy atom. The summed E-state index contributed by atoms with van der Waals surface area (Å²) in [5, 5.41) is 28.0. The molecule has 2 rings (SSSR count). The largest absolute Gasteiger partial charge is 0.512 e. The number of phenols is 2. The van der Waals surface area contributed by atoms with Gasteiger partial charge in [-0.1, -0.05) is 30.4 Å². The highest BCUT2D eigenvalue weighted by Gasteiger charge is 1.97. The van der Waals surface area contributed by atoms with E-state index in [9.17, 15) is 15.3 Å². The smallest absolute Gasteiger partial charge is 0.119 e. The minimum Gasteiger partial charge on any atom is -0.512 e. The predicted molar refractivity (Wildman–Crippen MR) is 71.4 cm³/mol. The first kappa shape index (κ1) is 12.0. The van der Waals surface area contributed by atoms with Crippen molar-refractivity contribution in [3.8, 4) is 11.5 Å². The Balaban J connectivity index is 2.20. The summed E-state index contributed by atoms with van der Waals surface area (Å²) in [6.07, 6.45) is 11.4. The minimum absolute atomic E-state index is 0.0255. The Hall–Kier alpha value is -2.42. The van der Waals surface area contributed by atoms with E-state index in [0.717, 1.165) is 5.57 Å². The van der Waals surface area contributed by atoms with Crippen LogP contribution in [0.3, 0.4) is 0 Å². The molecule has 1 aliphatic carbocycles. The highest BCUT2D eigenvalue weighted by atomic mass is 16.3. The van der Waals surface area contributed by atoms with Crippen molar-refractivity contribution in [2.24, 2.45) is 0 Å². The topological polar surface area (TPSA) is 60.7 Å². The number of benzene rings is 1. The van der Waals surface area contributed by atoms with Crippen molar-refractivity contribution in [2.45, 2.75) is 6.42 Å². The maximum Gasteiger partial charge on any atom is 0.119 e. The summed E-state index contributed by atoms with van der Waals surface area (Å²) in [6, 6.07) is 4.40. The first-order valence-electron chi connectivity index (χ1n) is 5.61. The van der Waals surface area contributed by atoms with Crippen LogP contribution in [0.25, 0.3) is 6.08 Å². The second-order valence-corrected chi connectivity index (χ2v) is 4.05. The van der Waals surface area contributed by atoms with Gasteiger partial charge in [0.1, 0.15) is 11.5 Å². The molecule has 0 saturated carbocycles. The van der Waals surface area contributed by atoms with Crippen molar-refractivity contribution in [3.05, 3.63) is 65.5 Å². The number of hydrogen-bond acceptors (Lipinski definition) is 3. The van der Waals surface area contributed by atoms with Gasteiger partial charge in [-0.15, -0.1) is 0 Å². The molecule has 0 aliphatic heterocycles. The Morgan fingerprint density at radius 1 is 0.889 bits per heavy atom. The van der Waals surface area contributed by atoms with Crippen LogP contribution >= 0.6 is 0 Å². The van der Waals surface area contributed by atoms with Gasteiger partial charge in [0.15, 0.2) is 0 Å². The summed E-state index contributed by atoms with van der Waals surface area (Å²) in [7, 11) is 0. The molecular weight excluding hydrogens is 228 g/mol. The maximum absolute atomic E-state index is 9.35. The molecule has 0 unspecified atom stereocenters. The van der Waals surface area contributed by atoms with Crippen molar-refractivity contribution in [1.29, 1.82) is 0 Å². The average molecular weight is 242 g/mol. The van der Waals surface area contributed by atoms with E-state index in [4.69, 9.17) is 0 Å². The molecule has 1 aromatic carbocycles. The lowest BCUT2D eigenvalue weighted by Gasteiger charge is -1.98. The number of allylic oxidation sites excluding steroid dienone is 6. The molecule has 3 nitrogen and oxygen atoms in total. The van der Waals surface area contributed by atoms with Crippen LogP contribution in [0.1, 0.15) is 12.0 Å². The normalized spacial score (nSPS) is 15.3. The lowest BCUT2D eigenvalue weighted by molar-refractivity contribution is 0.402. The summed E-state index contributed by atoms with van der Waals surface area (Å²) < 4.78 is 0. The van der Waals surface area contributed by atoms with Crippen molar-refractivity contribution >= 4 is 6.08 Å². The Morgan fingerprint density at radius 2 is 1.61 bits per heavy atom. The molecule has 0 spiro atoms. The quantitative estimate of drug-likeness (QED) is 0.744. The second-order valence-electron chi connectivity index (χ2n) is 4.05. The van der Waals surface area contributed by atoms with Gasteiger partial charge in [-0.3, -0.25) is 0 Å². The zero-order chi connectivity index (χ0) is 13.0. The Bertz CT molecular complexity index is 543. The summed E-state index contributed by atoms with van der Waals surface area (Å²) in [5.41, 5.74) is 1.64. The average Bonchev–Trinajstić information content (AvgIpc) is 2.50. The second kappa shape index (κ2) is 5.27. The predicted octanol–water partition coefficient (Wildman–Crippen LogP) is 3.44. The summed E-state index contributed by atoms with van der Waals surface area (Å²) in [5.74, 6) is 0.375.